The molecule has 0 amide bonds. The van der Waals surface area contributed by atoms with E-state index >= 15 is 0 Å². The van der Waals surface area contributed by atoms with E-state index in [0.29, 0.717) is 16.3 Å². The summed E-state index contributed by atoms with van der Waals surface area (Å²) in [6.45, 7) is 0.0545. The van der Waals surface area contributed by atoms with Crippen LogP contribution >= 0.6 is 11.6 Å². The minimum atomic E-state index is -0.392. The summed E-state index contributed by atoms with van der Waals surface area (Å²) in [5.74, 6) is 0.186. The molecule has 0 saturated carbocycles. The number of benzene rings is 2. The van der Waals surface area contributed by atoms with Crippen molar-refractivity contribution >= 4 is 17.8 Å². The van der Waals surface area contributed by atoms with E-state index in [4.69, 9.17) is 21.5 Å². The molecule has 5 heteroatoms. The second-order valence-corrected chi connectivity index (χ2v) is 4.21. The minimum Gasteiger partial charge on any atom is -0.489 e. The highest BCUT2D eigenvalue weighted by atomic mass is 35.5. The lowest BCUT2D eigenvalue weighted by Crippen LogP contribution is -1.99. The Morgan fingerprint density at radius 3 is 2.58 bits per heavy atom. The van der Waals surface area contributed by atoms with E-state index in [1.165, 1.54) is 12.3 Å². The molecule has 2 rings (SSSR count). The summed E-state index contributed by atoms with van der Waals surface area (Å²) in [5, 5.41) is 11.6. The van der Waals surface area contributed by atoms with Gasteiger partial charge < -0.3 is 9.94 Å². The van der Waals surface area contributed by atoms with E-state index < -0.39 is 5.82 Å². The maximum Gasteiger partial charge on any atom is 0.131 e. The van der Waals surface area contributed by atoms with Crippen LogP contribution in [0.15, 0.2) is 47.6 Å². The van der Waals surface area contributed by atoms with E-state index in [-0.39, 0.29) is 6.61 Å². The molecular weight excluding hydrogens is 269 g/mol. The fourth-order valence-electron chi connectivity index (χ4n) is 1.54. The molecule has 3 nitrogen and oxygen atoms in total. The normalized spacial score (nSPS) is 10.8. The van der Waals surface area contributed by atoms with E-state index in [2.05, 4.69) is 5.16 Å². The Bertz CT molecular complexity index is 564. The number of hydrogen-bond acceptors (Lipinski definition) is 3. The Kier molecular flexibility index (Phi) is 4.36. The van der Waals surface area contributed by atoms with Gasteiger partial charge in [0, 0.05) is 5.56 Å². The van der Waals surface area contributed by atoms with Crippen molar-refractivity contribution in [1.82, 2.24) is 0 Å². The Labute approximate surface area is 114 Å². The molecule has 1 N–H and O–H groups in total. The van der Waals surface area contributed by atoms with Crippen molar-refractivity contribution in [3.05, 3.63) is 64.4 Å². The summed E-state index contributed by atoms with van der Waals surface area (Å²) in [6, 6.07) is 11.3. The van der Waals surface area contributed by atoms with Gasteiger partial charge in [0.1, 0.15) is 18.2 Å². The van der Waals surface area contributed by atoms with E-state index in [1.54, 1.807) is 36.4 Å². The van der Waals surface area contributed by atoms with Crippen LogP contribution in [-0.2, 0) is 6.61 Å². The summed E-state index contributed by atoms with van der Waals surface area (Å²) < 4.78 is 19.0. The van der Waals surface area contributed by atoms with Gasteiger partial charge in [-0.15, -0.1) is 0 Å². The van der Waals surface area contributed by atoms with Crippen LogP contribution in [0.4, 0.5) is 4.39 Å². The summed E-state index contributed by atoms with van der Waals surface area (Å²) in [7, 11) is 0. The lowest BCUT2D eigenvalue weighted by Gasteiger charge is -2.08. The molecule has 0 fully saturated rings. The standard InChI is InChI=1S/C14H11ClFNO2/c15-13-2-1-3-14(16)12(13)9-19-11-6-4-10(5-7-11)8-17-18/h1-8,18H,9H2/b17-8-. The van der Waals surface area contributed by atoms with Crippen molar-refractivity contribution in [1.29, 1.82) is 0 Å². The van der Waals surface area contributed by atoms with Crippen LogP contribution in [0.3, 0.4) is 0 Å². The molecule has 0 heterocycles. The summed E-state index contributed by atoms with van der Waals surface area (Å²) in [6.07, 6.45) is 1.30. The predicted molar refractivity (Wildman–Crippen MR) is 71.6 cm³/mol. The molecule has 0 atom stereocenters. The monoisotopic (exact) mass is 279 g/mol. The predicted octanol–water partition coefficient (Wildman–Crippen LogP) is 3.87. The molecule has 0 aliphatic rings. The zero-order valence-electron chi connectivity index (χ0n) is 9.88. The number of rotatable bonds is 4. The first-order chi connectivity index (χ1) is 9.20. The lowest BCUT2D eigenvalue weighted by atomic mass is 10.2. The van der Waals surface area contributed by atoms with Crippen LogP contribution in [0.25, 0.3) is 0 Å². The quantitative estimate of drug-likeness (QED) is 0.524. The molecule has 0 unspecified atom stereocenters. The molecule has 0 aromatic heterocycles. The lowest BCUT2D eigenvalue weighted by molar-refractivity contribution is 0.300. The maximum absolute atomic E-state index is 13.5. The molecule has 0 aliphatic carbocycles. The Hall–Kier alpha value is -2.07. The fourth-order valence-corrected chi connectivity index (χ4v) is 1.76. The SMILES string of the molecule is O/N=C\c1ccc(OCc2c(F)cccc2Cl)cc1. The summed E-state index contributed by atoms with van der Waals surface area (Å²) >= 11 is 5.90. The number of halogens is 2. The number of ether oxygens (including phenoxy) is 1. The van der Waals surface area contributed by atoms with Crippen molar-refractivity contribution in [2.24, 2.45) is 5.16 Å². The molecule has 19 heavy (non-hydrogen) atoms. The second-order valence-electron chi connectivity index (χ2n) is 3.80. The van der Waals surface area contributed by atoms with Gasteiger partial charge in [-0.25, -0.2) is 4.39 Å². The van der Waals surface area contributed by atoms with Gasteiger partial charge in [-0.2, -0.15) is 0 Å². The van der Waals surface area contributed by atoms with Crippen molar-refractivity contribution in [3.63, 3.8) is 0 Å². The van der Waals surface area contributed by atoms with Gasteiger partial charge in [-0.1, -0.05) is 22.8 Å². The van der Waals surface area contributed by atoms with Crippen molar-refractivity contribution in [2.45, 2.75) is 6.61 Å². The first kappa shape index (κ1) is 13.4. The third kappa shape index (κ3) is 3.45. The average molecular weight is 280 g/mol. The first-order valence-corrected chi connectivity index (χ1v) is 5.91. The van der Waals surface area contributed by atoms with Crippen molar-refractivity contribution < 1.29 is 14.3 Å². The van der Waals surface area contributed by atoms with Gasteiger partial charge in [-0.05, 0) is 42.0 Å². The minimum absolute atomic E-state index is 0.0545. The van der Waals surface area contributed by atoms with Crippen LogP contribution in [-0.4, -0.2) is 11.4 Å². The Balaban J connectivity index is 2.06. The maximum atomic E-state index is 13.5. The highest BCUT2D eigenvalue weighted by Gasteiger charge is 2.07. The molecule has 98 valence electrons. The van der Waals surface area contributed by atoms with Gasteiger partial charge >= 0.3 is 0 Å². The Morgan fingerprint density at radius 1 is 1.21 bits per heavy atom. The Morgan fingerprint density at radius 2 is 1.95 bits per heavy atom. The summed E-state index contributed by atoms with van der Waals surface area (Å²) in [5.41, 5.74) is 1.06. The topological polar surface area (TPSA) is 41.8 Å². The van der Waals surface area contributed by atoms with Gasteiger partial charge in [-0.3, -0.25) is 0 Å². The molecule has 2 aromatic carbocycles. The fraction of sp³-hybridized carbons (Fsp3) is 0.0714. The molecular formula is C14H11ClFNO2. The van der Waals surface area contributed by atoms with Crippen LogP contribution in [0.2, 0.25) is 5.02 Å². The van der Waals surface area contributed by atoms with E-state index in [1.807, 2.05) is 0 Å². The second kappa shape index (κ2) is 6.20. The third-order valence-electron chi connectivity index (χ3n) is 2.53. The van der Waals surface area contributed by atoms with E-state index in [0.717, 1.165) is 5.56 Å². The van der Waals surface area contributed by atoms with Gasteiger partial charge in [0.25, 0.3) is 0 Å². The number of nitrogens with zero attached hydrogens (tertiary/aromatic N) is 1. The van der Waals surface area contributed by atoms with Gasteiger partial charge in [0.2, 0.25) is 0 Å². The molecule has 0 bridgehead atoms. The van der Waals surface area contributed by atoms with Crippen LogP contribution in [0.5, 0.6) is 5.75 Å². The number of oxime groups is 1. The zero-order chi connectivity index (χ0) is 13.7. The van der Waals surface area contributed by atoms with Crippen molar-refractivity contribution in [3.8, 4) is 5.75 Å². The molecule has 0 saturated heterocycles. The highest BCUT2D eigenvalue weighted by Crippen LogP contribution is 2.21. The van der Waals surface area contributed by atoms with Crippen LogP contribution < -0.4 is 4.74 Å². The molecule has 2 aromatic rings. The largest absolute Gasteiger partial charge is 0.489 e. The average Bonchev–Trinajstić information content (AvgIpc) is 2.40. The zero-order valence-corrected chi connectivity index (χ0v) is 10.6. The van der Waals surface area contributed by atoms with Crippen molar-refractivity contribution in [2.75, 3.05) is 0 Å². The molecule has 0 aliphatic heterocycles. The first-order valence-electron chi connectivity index (χ1n) is 5.54. The van der Waals surface area contributed by atoms with E-state index in [9.17, 15) is 4.39 Å². The molecule has 0 radical (unpaired) electrons. The summed E-state index contributed by atoms with van der Waals surface area (Å²) in [4.78, 5) is 0. The van der Waals surface area contributed by atoms with Crippen LogP contribution in [0.1, 0.15) is 11.1 Å². The molecule has 0 spiro atoms. The van der Waals surface area contributed by atoms with Gasteiger partial charge in [0.15, 0.2) is 0 Å². The smallest absolute Gasteiger partial charge is 0.131 e. The number of hydrogen-bond donors (Lipinski definition) is 1. The highest BCUT2D eigenvalue weighted by molar-refractivity contribution is 6.31. The van der Waals surface area contributed by atoms with Gasteiger partial charge in [0.05, 0.1) is 11.2 Å². The van der Waals surface area contributed by atoms with Crippen LogP contribution in [0, 0.1) is 5.82 Å². The third-order valence-corrected chi connectivity index (χ3v) is 2.89.